The number of benzene rings is 2. The van der Waals surface area contributed by atoms with E-state index in [-0.39, 0.29) is 13.0 Å². The van der Waals surface area contributed by atoms with Gasteiger partial charge in [-0.05, 0) is 33.3 Å². The molecule has 1 aliphatic heterocycles. The van der Waals surface area contributed by atoms with E-state index in [1.165, 1.54) is 11.8 Å². The number of hydrogen-bond acceptors (Lipinski definition) is 6. The SMILES string of the molecule is CC(C)(C)OC(=O)C[C@@]1(C)C(=O)O[C@H](c2ccccc2)N1C(=O)OCc1ccccc1. The van der Waals surface area contributed by atoms with E-state index in [1.54, 1.807) is 45.0 Å². The summed E-state index contributed by atoms with van der Waals surface area (Å²) in [6.07, 6.45) is -2.12. The number of rotatable bonds is 5. The first kappa shape index (κ1) is 22.3. The maximum absolute atomic E-state index is 13.1. The molecule has 2 aromatic rings. The van der Waals surface area contributed by atoms with E-state index in [9.17, 15) is 14.4 Å². The van der Waals surface area contributed by atoms with Gasteiger partial charge in [-0.2, -0.15) is 0 Å². The van der Waals surface area contributed by atoms with Crippen molar-refractivity contribution >= 4 is 18.0 Å². The average molecular weight is 425 g/mol. The maximum Gasteiger partial charge on any atom is 0.414 e. The minimum atomic E-state index is -1.57. The number of hydrogen-bond donors (Lipinski definition) is 0. The second kappa shape index (κ2) is 8.79. The van der Waals surface area contributed by atoms with Crippen molar-refractivity contribution in [2.75, 3.05) is 0 Å². The van der Waals surface area contributed by atoms with Crippen molar-refractivity contribution in [2.45, 2.75) is 58.1 Å². The third-order valence-electron chi connectivity index (χ3n) is 4.82. The lowest BCUT2D eigenvalue weighted by Crippen LogP contribution is -2.51. The molecule has 31 heavy (non-hydrogen) atoms. The molecular formula is C24H27NO6. The van der Waals surface area contributed by atoms with Crippen molar-refractivity contribution in [3.63, 3.8) is 0 Å². The number of carbonyl (C=O) groups excluding carboxylic acids is 3. The zero-order valence-electron chi connectivity index (χ0n) is 18.2. The van der Waals surface area contributed by atoms with Gasteiger partial charge in [-0.1, -0.05) is 60.7 Å². The molecule has 1 heterocycles. The topological polar surface area (TPSA) is 82.1 Å². The van der Waals surface area contributed by atoms with Gasteiger partial charge >= 0.3 is 18.0 Å². The van der Waals surface area contributed by atoms with Crippen LogP contribution in [0.25, 0.3) is 0 Å². The lowest BCUT2D eigenvalue weighted by molar-refractivity contribution is -0.160. The molecule has 7 nitrogen and oxygen atoms in total. The summed E-state index contributed by atoms with van der Waals surface area (Å²) in [5.41, 5.74) is -0.905. The summed E-state index contributed by atoms with van der Waals surface area (Å²) in [5.74, 6) is -1.30. The maximum atomic E-state index is 13.1. The first-order chi connectivity index (χ1) is 14.6. The van der Waals surface area contributed by atoms with Gasteiger partial charge in [0, 0.05) is 5.56 Å². The fourth-order valence-electron chi connectivity index (χ4n) is 3.38. The molecule has 1 aliphatic rings. The molecule has 0 bridgehead atoms. The highest BCUT2D eigenvalue weighted by Gasteiger charge is 2.57. The highest BCUT2D eigenvalue weighted by atomic mass is 16.6. The highest BCUT2D eigenvalue weighted by Crippen LogP contribution is 2.41. The van der Waals surface area contributed by atoms with E-state index in [4.69, 9.17) is 14.2 Å². The van der Waals surface area contributed by atoms with Gasteiger partial charge in [0.05, 0.1) is 6.42 Å². The molecular weight excluding hydrogens is 398 g/mol. The largest absolute Gasteiger partial charge is 0.460 e. The Kier molecular flexibility index (Phi) is 6.34. The molecule has 0 spiro atoms. The summed E-state index contributed by atoms with van der Waals surface area (Å²) in [6, 6.07) is 18.1. The quantitative estimate of drug-likeness (QED) is 0.523. The minimum absolute atomic E-state index is 0.0222. The van der Waals surface area contributed by atoms with Crippen LogP contribution in [0, 0.1) is 0 Å². The summed E-state index contributed by atoms with van der Waals surface area (Å²) in [4.78, 5) is 39.8. The molecule has 1 saturated heterocycles. The van der Waals surface area contributed by atoms with Crippen LogP contribution in [0.15, 0.2) is 60.7 Å². The fourth-order valence-corrected chi connectivity index (χ4v) is 3.38. The van der Waals surface area contributed by atoms with Crippen molar-refractivity contribution in [3.8, 4) is 0 Å². The van der Waals surface area contributed by atoms with Crippen LogP contribution < -0.4 is 0 Å². The highest BCUT2D eigenvalue weighted by molar-refractivity contribution is 5.92. The number of ether oxygens (including phenoxy) is 3. The molecule has 0 unspecified atom stereocenters. The van der Waals surface area contributed by atoms with Crippen LogP contribution in [0.4, 0.5) is 4.79 Å². The van der Waals surface area contributed by atoms with E-state index in [1.807, 2.05) is 36.4 Å². The summed E-state index contributed by atoms with van der Waals surface area (Å²) < 4.78 is 16.4. The predicted octanol–water partition coefficient (Wildman–Crippen LogP) is 4.37. The second-order valence-corrected chi connectivity index (χ2v) is 8.62. The van der Waals surface area contributed by atoms with Gasteiger partial charge < -0.3 is 14.2 Å². The van der Waals surface area contributed by atoms with Crippen LogP contribution >= 0.6 is 0 Å². The zero-order valence-corrected chi connectivity index (χ0v) is 18.2. The number of cyclic esters (lactones) is 1. The molecule has 7 heteroatoms. The number of carbonyl (C=O) groups is 3. The Balaban J connectivity index is 1.88. The predicted molar refractivity (Wildman–Crippen MR) is 113 cm³/mol. The van der Waals surface area contributed by atoms with Crippen molar-refractivity contribution in [1.82, 2.24) is 4.90 Å². The Morgan fingerprint density at radius 2 is 1.61 bits per heavy atom. The van der Waals surface area contributed by atoms with Crippen LogP contribution in [0.5, 0.6) is 0 Å². The Labute approximate surface area is 181 Å². The van der Waals surface area contributed by atoms with Crippen LogP contribution in [-0.4, -0.2) is 34.1 Å². The third-order valence-corrected chi connectivity index (χ3v) is 4.82. The van der Waals surface area contributed by atoms with Gasteiger partial charge in [0.25, 0.3) is 0 Å². The molecule has 0 N–H and O–H groups in total. The van der Waals surface area contributed by atoms with Crippen molar-refractivity contribution < 1.29 is 28.6 Å². The molecule has 0 radical (unpaired) electrons. The molecule has 2 atom stereocenters. The molecule has 2 aromatic carbocycles. The Morgan fingerprint density at radius 3 is 2.19 bits per heavy atom. The molecule has 0 aromatic heterocycles. The molecule has 0 aliphatic carbocycles. The molecule has 0 saturated carbocycles. The lowest BCUT2D eigenvalue weighted by atomic mass is 9.96. The smallest absolute Gasteiger partial charge is 0.414 e. The summed E-state index contributed by atoms with van der Waals surface area (Å²) in [5, 5.41) is 0. The third kappa shape index (κ3) is 5.23. The van der Waals surface area contributed by atoms with Gasteiger partial charge in [-0.25, -0.2) is 9.59 Å². The first-order valence-electron chi connectivity index (χ1n) is 10.1. The zero-order chi connectivity index (χ0) is 22.6. The molecule has 1 amide bonds. The van der Waals surface area contributed by atoms with Crippen molar-refractivity contribution in [1.29, 1.82) is 0 Å². The van der Waals surface area contributed by atoms with Gasteiger partial charge in [0.15, 0.2) is 5.54 Å². The van der Waals surface area contributed by atoms with E-state index in [0.29, 0.717) is 5.56 Å². The van der Waals surface area contributed by atoms with Crippen LogP contribution in [0.2, 0.25) is 0 Å². The lowest BCUT2D eigenvalue weighted by Gasteiger charge is -2.32. The Bertz CT molecular complexity index is 938. The van der Waals surface area contributed by atoms with Gasteiger partial charge in [-0.15, -0.1) is 0 Å². The summed E-state index contributed by atoms with van der Waals surface area (Å²) in [6.45, 7) is 6.72. The Morgan fingerprint density at radius 1 is 1.03 bits per heavy atom. The molecule has 1 fully saturated rings. The second-order valence-electron chi connectivity index (χ2n) is 8.62. The van der Waals surface area contributed by atoms with Gasteiger partial charge in [-0.3, -0.25) is 9.69 Å². The van der Waals surface area contributed by atoms with Crippen LogP contribution in [0.3, 0.4) is 0 Å². The van der Waals surface area contributed by atoms with Crippen LogP contribution in [-0.2, 0) is 30.4 Å². The number of esters is 2. The Hall–Kier alpha value is -3.35. The van der Waals surface area contributed by atoms with E-state index >= 15 is 0 Å². The minimum Gasteiger partial charge on any atom is -0.460 e. The summed E-state index contributed by atoms with van der Waals surface area (Å²) >= 11 is 0. The monoisotopic (exact) mass is 425 g/mol. The van der Waals surface area contributed by atoms with E-state index < -0.39 is 35.4 Å². The van der Waals surface area contributed by atoms with Gasteiger partial charge in [0.1, 0.15) is 12.2 Å². The normalized spacial score (nSPS) is 20.8. The fraction of sp³-hybridized carbons (Fsp3) is 0.375. The standard InChI is InChI=1S/C24H27NO6/c1-23(2,3)31-19(26)15-24(4)21(27)30-20(18-13-9-6-10-14-18)25(24)22(28)29-16-17-11-7-5-8-12-17/h5-14,20H,15-16H2,1-4H3/t20-,24+/m1/s1. The number of nitrogens with zero attached hydrogens (tertiary/aromatic N) is 1. The molecule has 3 rings (SSSR count). The van der Waals surface area contributed by atoms with Crippen molar-refractivity contribution in [3.05, 3.63) is 71.8 Å². The first-order valence-corrected chi connectivity index (χ1v) is 10.1. The molecule has 164 valence electrons. The summed E-state index contributed by atoms with van der Waals surface area (Å²) in [7, 11) is 0. The van der Waals surface area contributed by atoms with E-state index in [0.717, 1.165) is 5.56 Å². The van der Waals surface area contributed by atoms with Crippen molar-refractivity contribution in [2.24, 2.45) is 0 Å². The average Bonchev–Trinajstić information content (AvgIpc) is 2.96. The number of amides is 1. The van der Waals surface area contributed by atoms with Gasteiger partial charge in [0.2, 0.25) is 6.23 Å². The van der Waals surface area contributed by atoms with E-state index in [2.05, 4.69) is 0 Å². The van der Waals surface area contributed by atoms with Crippen LogP contribution in [0.1, 0.15) is 51.5 Å².